The van der Waals surface area contributed by atoms with Crippen LogP contribution >= 0.6 is 0 Å². The highest BCUT2D eigenvalue weighted by Crippen LogP contribution is 2.27. The number of aliphatic hydroxyl groups is 1. The average Bonchev–Trinajstić information content (AvgIpc) is 2.58. The van der Waals surface area contributed by atoms with E-state index in [1.807, 2.05) is 73.7 Å². The summed E-state index contributed by atoms with van der Waals surface area (Å²) in [6, 6.07) is 21.3. The van der Waals surface area contributed by atoms with Gasteiger partial charge in [0, 0.05) is 22.6 Å². The molecule has 3 N–H and O–H groups in total. The maximum Gasteiger partial charge on any atom is 0.152 e. The van der Waals surface area contributed by atoms with Crippen molar-refractivity contribution in [2.45, 2.75) is 13.2 Å². The van der Waals surface area contributed by atoms with E-state index in [4.69, 9.17) is 0 Å². The molecule has 4 nitrogen and oxygen atoms in total. The van der Waals surface area contributed by atoms with Crippen molar-refractivity contribution in [3.63, 3.8) is 0 Å². The third-order valence-electron chi connectivity index (χ3n) is 3.50. The smallest absolute Gasteiger partial charge is 0.152 e. The van der Waals surface area contributed by atoms with Crippen LogP contribution in [-0.2, 0) is 0 Å². The zero-order chi connectivity index (χ0) is 16.1. The Morgan fingerprint density at radius 3 is 2.17 bits per heavy atom. The summed E-state index contributed by atoms with van der Waals surface area (Å²) >= 11 is 0. The van der Waals surface area contributed by atoms with Crippen LogP contribution < -0.4 is 10.6 Å². The summed E-state index contributed by atoms with van der Waals surface area (Å²) in [6.45, 7) is 1.91. The second kappa shape index (κ2) is 6.94. The summed E-state index contributed by atoms with van der Waals surface area (Å²) in [5.74, 6) is 0. The standard InChI is InChI=1S/C19H19N3O/c1-14-12-17(19(23)22-16-10-6-3-7-11-16)18(13-20-14)21-15-8-4-2-5-9-15/h2-13,19,21-23H,1H3. The number of hydrogen-bond donors (Lipinski definition) is 3. The summed E-state index contributed by atoms with van der Waals surface area (Å²) < 4.78 is 0. The molecular weight excluding hydrogens is 286 g/mol. The Morgan fingerprint density at radius 1 is 0.913 bits per heavy atom. The number of aryl methyl sites for hydroxylation is 1. The summed E-state index contributed by atoms with van der Waals surface area (Å²) in [7, 11) is 0. The lowest BCUT2D eigenvalue weighted by molar-refractivity contribution is 0.209. The number of hydrogen-bond acceptors (Lipinski definition) is 4. The highest BCUT2D eigenvalue weighted by Gasteiger charge is 2.13. The molecule has 116 valence electrons. The quantitative estimate of drug-likeness (QED) is 0.617. The number of para-hydroxylation sites is 2. The fourth-order valence-corrected chi connectivity index (χ4v) is 2.36. The van der Waals surface area contributed by atoms with Gasteiger partial charge in [0.15, 0.2) is 6.23 Å². The van der Waals surface area contributed by atoms with Gasteiger partial charge < -0.3 is 15.7 Å². The van der Waals surface area contributed by atoms with E-state index in [0.717, 1.165) is 28.3 Å². The van der Waals surface area contributed by atoms with E-state index < -0.39 is 6.23 Å². The van der Waals surface area contributed by atoms with Crippen LogP contribution in [0.15, 0.2) is 72.9 Å². The van der Waals surface area contributed by atoms with Crippen LogP contribution in [0, 0.1) is 6.92 Å². The first-order valence-electron chi connectivity index (χ1n) is 7.50. The van der Waals surface area contributed by atoms with Gasteiger partial charge in [-0.25, -0.2) is 0 Å². The fraction of sp³-hybridized carbons (Fsp3) is 0.105. The zero-order valence-corrected chi connectivity index (χ0v) is 12.9. The van der Waals surface area contributed by atoms with E-state index in [-0.39, 0.29) is 0 Å². The Labute approximate surface area is 135 Å². The van der Waals surface area contributed by atoms with Gasteiger partial charge >= 0.3 is 0 Å². The van der Waals surface area contributed by atoms with E-state index in [1.54, 1.807) is 6.20 Å². The topological polar surface area (TPSA) is 57.2 Å². The predicted molar refractivity (Wildman–Crippen MR) is 93.7 cm³/mol. The molecule has 0 radical (unpaired) electrons. The Balaban J connectivity index is 1.86. The first-order chi connectivity index (χ1) is 11.2. The number of nitrogens with one attached hydrogen (secondary N) is 2. The van der Waals surface area contributed by atoms with Gasteiger partial charge in [-0.05, 0) is 37.3 Å². The van der Waals surface area contributed by atoms with Crippen molar-refractivity contribution in [3.8, 4) is 0 Å². The molecule has 1 heterocycles. The van der Waals surface area contributed by atoms with Gasteiger partial charge in [0.2, 0.25) is 0 Å². The molecule has 0 aliphatic carbocycles. The lowest BCUT2D eigenvalue weighted by atomic mass is 10.1. The molecule has 0 spiro atoms. The van der Waals surface area contributed by atoms with Gasteiger partial charge in [0.1, 0.15) is 0 Å². The highest BCUT2D eigenvalue weighted by molar-refractivity contribution is 5.63. The number of aromatic nitrogens is 1. The van der Waals surface area contributed by atoms with E-state index >= 15 is 0 Å². The third kappa shape index (κ3) is 3.87. The number of anilines is 3. The molecule has 0 saturated carbocycles. The molecule has 0 saturated heterocycles. The van der Waals surface area contributed by atoms with E-state index in [2.05, 4.69) is 15.6 Å². The van der Waals surface area contributed by atoms with Gasteiger partial charge in [-0.2, -0.15) is 0 Å². The zero-order valence-electron chi connectivity index (χ0n) is 12.9. The molecule has 23 heavy (non-hydrogen) atoms. The van der Waals surface area contributed by atoms with Gasteiger partial charge in [-0.3, -0.25) is 4.98 Å². The molecule has 0 aliphatic heterocycles. The predicted octanol–water partition coefficient (Wildman–Crippen LogP) is 4.24. The maximum atomic E-state index is 10.6. The number of nitrogens with zero attached hydrogens (tertiary/aromatic N) is 1. The molecular formula is C19H19N3O. The van der Waals surface area contributed by atoms with Crippen LogP contribution in [-0.4, -0.2) is 10.1 Å². The molecule has 4 heteroatoms. The van der Waals surface area contributed by atoms with Crippen molar-refractivity contribution in [1.29, 1.82) is 0 Å². The van der Waals surface area contributed by atoms with Gasteiger partial charge in [0.25, 0.3) is 0 Å². The molecule has 1 aromatic heterocycles. The van der Waals surface area contributed by atoms with Crippen molar-refractivity contribution in [3.05, 3.63) is 84.2 Å². The van der Waals surface area contributed by atoms with Crippen molar-refractivity contribution >= 4 is 17.1 Å². The minimum Gasteiger partial charge on any atom is -0.369 e. The maximum absolute atomic E-state index is 10.6. The Morgan fingerprint density at radius 2 is 1.52 bits per heavy atom. The monoisotopic (exact) mass is 305 g/mol. The van der Waals surface area contributed by atoms with Crippen molar-refractivity contribution in [2.24, 2.45) is 0 Å². The fourth-order valence-electron chi connectivity index (χ4n) is 2.36. The molecule has 1 unspecified atom stereocenters. The molecule has 1 atom stereocenters. The first kappa shape index (κ1) is 15.1. The average molecular weight is 305 g/mol. The molecule has 0 amide bonds. The van der Waals surface area contributed by atoms with Crippen LogP contribution in [0.25, 0.3) is 0 Å². The number of pyridine rings is 1. The second-order valence-electron chi connectivity index (χ2n) is 5.32. The van der Waals surface area contributed by atoms with Crippen LogP contribution in [0.2, 0.25) is 0 Å². The Bertz CT molecular complexity index is 760. The van der Waals surface area contributed by atoms with E-state index in [0.29, 0.717) is 0 Å². The Kier molecular flexibility index (Phi) is 4.54. The summed E-state index contributed by atoms with van der Waals surface area (Å²) in [4.78, 5) is 4.32. The lowest BCUT2D eigenvalue weighted by Crippen LogP contribution is -2.12. The Hall–Kier alpha value is -2.85. The van der Waals surface area contributed by atoms with Crippen molar-refractivity contribution in [2.75, 3.05) is 10.6 Å². The number of aliphatic hydroxyl groups excluding tert-OH is 1. The van der Waals surface area contributed by atoms with Gasteiger partial charge in [0.05, 0.1) is 11.9 Å². The largest absolute Gasteiger partial charge is 0.369 e. The molecule has 3 rings (SSSR count). The second-order valence-corrected chi connectivity index (χ2v) is 5.32. The number of rotatable bonds is 5. The summed E-state index contributed by atoms with van der Waals surface area (Å²) in [6.07, 6.45) is 0.915. The molecule has 2 aromatic carbocycles. The lowest BCUT2D eigenvalue weighted by Gasteiger charge is -2.19. The van der Waals surface area contributed by atoms with Gasteiger partial charge in [-0.1, -0.05) is 36.4 Å². The minimum absolute atomic E-state index is 0.755. The van der Waals surface area contributed by atoms with E-state index in [1.165, 1.54) is 0 Å². The molecule has 3 aromatic rings. The SMILES string of the molecule is Cc1cc(C(O)Nc2ccccc2)c(Nc2ccccc2)cn1. The van der Waals surface area contributed by atoms with Crippen LogP contribution in [0.1, 0.15) is 17.5 Å². The van der Waals surface area contributed by atoms with Gasteiger partial charge in [-0.15, -0.1) is 0 Å². The highest BCUT2D eigenvalue weighted by atomic mass is 16.3. The summed E-state index contributed by atoms with van der Waals surface area (Å²) in [5, 5.41) is 17.0. The molecule has 0 aliphatic rings. The minimum atomic E-state index is -0.828. The molecule has 0 bridgehead atoms. The number of benzene rings is 2. The van der Waals surface area contributed by atoms with Crippen molar-refractivity contribution < 1.29 is 5.11 Å². The van der Waals surface area contributed by atoms with Crippen molar-refractivity contribution in [1.82, 2.24) is 4.98 Å². The summed E-state index contributed by atoms with van der Waals surface area (Å²) in [5.41, 5.74) is 4.20. The first-order valence-corrected chi connectivity index (χ1v) is 7.50. The molecule has 0 fully saturated rings. The normalized spacial score (nSPS) is 11.7. The van der Waals surface area contributed by atoms with Crippen LogP contribution in [0.4, 0.5) is 17.1 Å². The third-order valence-corrected chi connectivity index (χ3v) is 3.50. The van der Waals surface area contributed by atoms with Crippen LogP contribution in [0.5, 0.6) is 0 Å². The van der Waals surface area contributed by atoms with E-state index in [9.17, 15) is 5.11 Å². The van der Waals surface area contributed by atoms with Crippen LogP contribution in [0.3, 0.4) is 0 Å².